The molecule has 0 saturated carbocycles. The molecule has 0 aromatic rings. The molecule has 3 nitrogen and oxygen atoms in total. The zero-order valence-corrected chi connectivity index (χ0v) is 6.35. The monoisotopic (exact) mass is 140 g/mol. The van der Waals surface area contributed by atoms with Gasteiger partial charge >= 0.3 is 0 Å². The third kappa shape index (κ3) is 3.02. The van der Waals surface area contributed by atoms with Gasteiger partial charge in [-0.1, -0.05) is 13.5 Å². The van der Waals surface area contributed by atoms with E-state index < -0.39 is 0 Å². The van der Waals surface area contributed by atoms with Gasteiger partial charge < -0.3 is 5.32 Å². The van der Waals surface area contributed by atoms with Crippen molar-refractivity contribution in [2.45, 2.75) is 13.3 Å². The largest absolute Gasteiger partial charge is 0.354 e. The maximum Gasteiger partial charge on any atom is 0.268 e. The Labute approximate surface area is 60.8 Å². The van der Waals surface area contributed by atoms with E-state index in [1.165, 1.54) is 0 Å². The van der Waals surface area contributed by atoms with Gasteiger partial charge in [0.25, 0.3) is 5.91 Å². The summed E-state index contributed by atoms with van der Waals surface area (Å²) < 4.78 is 0. The summed E-state index contributed by atoms with van der Waals surface area (Å²) >= 11 is 0. The maximum atomic E-state index is 10.7. The van der Waals surface area contributed by atoms with Crippen LogP contribution in [0.5, 0.6) is 0 Å². The molecule has 0 rings (SSSR count). The number of nitrogens with zero attached hydrogens (tertiary/aromatic N) is 1. The molecule has 1 N–H and O–H groups in total. The summed E-state index contributed by atoms with van der Waals surface area (Å²) in [6.07, 6.45) is 2.47. The van der Waals surface area contributed by atoms with Crippen LogP contribution in [0.3, 0.4) is 0 Å². The van der Waals surface area contributed by atoms with Crippen LogP contribution in [0.15, 0.2) is 17.3 Å². The fraction of sp³-hybridized carbons (Fsp3) is 0.429. The van der Waals surface area contributed by atoms with Crippen LogP contribution in [0.25, 0.3) is 0 Å². The lowest BCUT2D eigenvalue weighted by Crippen LogP contribution is -2.18. The molecule has 0 aromatic carbocycles. The molecule has 1 amide bonds. The minimum atomic E-state index is -0.232. The van der Waals surface area contributed by atoms with Crippen LogP contribution in [0, 0.1) is 0 Å². The first kappa shape index (κ1) is 8.88. The molecule has 3 heteroatoms. The molecular weight excluding hydrogens is 128 g/mol. The highest BCUT2D eigenvalue weighted by atomic mass is 16.1. The topological polar surface area (TPSA) is 41.5 Å². The number of nitrogens with one attached hydrogen (secondary N) is 1. The molecule has 0 aliphatic carbocycles. The summed E-state index contributed by atoms with van der Waals surface area (Å²) in [5, 5.41) is 2.42. The van der Waals surface area contributed by atoms with Gasteiger partial charge in [-0.3, -0.25) is 9.79 Å². The number of amides is 1. The molecule has 10 heavy (non-hydrogen) atoms. The van der Waals surface area contributed by atoms with Crippen molar-refractivity contribution in [1.82, 2.24) is 5.32 Å². The Hall–Kier alpha value is -1.12. The van der Waals surface area contributed by atoms with Crippen molar-refractivity contribution in [3.63, 3.8) is 0 Å². The normalized spacial score (nSPS) is 9.80. The molecule has 0 aromatic heterocycles. The predicted molar refractivity (Wildman–Crippen MR) is 42.0 cm³/mol. The van der Waals surface area contributed by atoms with Crippen molar-refractivity contribution < 1.29 is 4.79 Å². The minimum Gasteiger partial charge on any atom is -0.354 e. The van der Waals surface area contributed by atoms with E-state index in [9.17, 15) is 4.79 Å². The van der Waals surface area contributed by atoms with Crippen LogP contribution in [0.4, 0.5) is 0 Å². The van der Waals surface area contributed by atoms with Crippen molar-refractivity contribution in [3.8, 4) is 0 Å². The zero-order valence-electron chi connectivity index (χ0n) is 6.35. The van der Waals surface area contributed by atoms with E-state index in [1.807, 2.05) is 6.92 Å². The Morgan fingerprint density at radius 1 is 1.80 bits per heavy atom. The lowest BCUT2D eigenvalue weighted by atomic mass is 10.4. The van der Waals surface area contributed by atoms with Crippen LogP contribution in [0.2, 0.25) is 0 Å². The zero-order chi connectivity index (χ0) is 7.98. The van der Waals surface area contributed by atoms with E-state index >= 15 is 0 Å². The number of hydrogen-bond donors (Lipinski definition) is 1. The molecule has 0 aliphatic heterocycles. The Kier molecular flexibility index (Phi) is 4.20. The highest BCUT2D eigenvalue weighted by Crippen LogP contribution is 1.89. The van der Waals surface area contributed by atoms with Crippen LogP contribution in [0.1, 0.15) is 13.3 Å². The van der Waals surface area contributed by atoms with Gasteiger partial charge in [-0.25, -0.2) is 0 Å². The van der Waals surface area contributed by atoms with Gasteiger partial charge in [-0.05, 0) is 6.42 Å². The SMILES string of the molecule is C=C(N=CCC)C(=O)NC. The van der Waals surface area contributed by atoms with Crippen LogP contribution < -0.4 is 5.32 Å². The quantitative estimate of drug-likeness (QED) is 0.455. The van der Waals surface area contributed by atoms with Gasteiger partial charge in [0.05, 0.1) is 0 Å². The third-order valence-corrected chi connectivity index (χ3v) is 0.919. The van der Waals surface area contributed by atoms with Crippen LogP contribution >= 0.6 is 0 Å². The second-order valence-electron chi connectivity index (χ2n) is 1.75. The van der Waals surface area contributed by atoms with E-state index in [2.05, 4.69) is 16.9 Å². The smallest absolute Gasteiger partial charge is 0.268 e. The molecule has 0 heterocycles. The van der Waals surface area contributed by atoms with Crippen molar-refractivity contribution in [2.75, 3.05) is 7.05 Å². The minimum absolute atomic E-state index is 0.232. The second kappa shape index (κ2) is 4.73. The van der Waals surface area contributed by atoms with Gasteiger partial charge in [-0.2, -0.15) is 0 Å². The molecule has 0 fully saturated rings. The van der Waals surface area contributed by atoms with E-state index in [1.54, 1.807) is 13.3 Å². The lowest BCUT2D eigenvalue weighted by Gasteiger charge is -1.94. The Morgan fingerprint density at radius 3 is 2.80 bits per heavy atom. The third-order valence-electron chi connectivity index (χ3n) is 0.919. The van der Waals surface area contributed by atoms with Crippen LogP contribution in [-0.4, -0.2) is 19.2 Å². The van der Waals surface area contributed by atoms with E-state index in [0.717, 1.165) is 6.42 Å². The lowest BCUT2D eigenvalue weighted by molar-refractivity contribution is -0.117. The van der Waals surface area contributed by atoms with Crippen molar-refractivity contribution in [1.29, 1.82) is 0 Å². The van der Waals surface area contributed by atoms with Gasteiger partial charge in [0.2, 0.25) is 0 Å². The first-order valence-corrected chi connectivity index (χ1v) is 3.15. The Morgan fingerprint density at radius 2 is 2.40 bits per heavy atom. The number of carbonyl (C=O) groups excluding carboxylic acids is 1. The Balaban J connectivity index is 3.85. The molecular formula is C7H12N2O. The van der Waals surface area contributed by atoms with Gasteiger partial charge in [0.15, 0.2) is 0 Å². The number of hydrogen-bond acceptors (Lipinski definition) is 2. The number of likely N-dealkylation sites (N-methyl/N-ethyl adjacent to an activating group) is 1. The van der Waals surface area contributed by atoms with Gasteiger partial charge in [0.1, 0.15) is 5.70 Å². The molecule has 0 radical (unpaired) electrons. The maximum absolute atomic E-state index is 10.7. The van der Waals surface area contributed by atoms with E-state index in [-0.39, 0.29) is 11.6 Å². The number of rotatable bonds is 3. The first-order chi connectivity index (χ1) is 4.72. The van der Waals surface area contributed by atoms with Gasteiger partial charge in [0, 0.05) is 13.3 Å². The fourth-order valence-electron chi connectivity index (χ4n) is 0.404. The highest BCUT2D eigenvalue weighted by molar-refractivity contribution is 5.93. The van der Waals surface area contributed by atoms with Crippen molar-refractivity contribution in [3.05, 3.63) is 12.3 Å². The summed E-state index contributed by atoms with van der Waals surface area (Å²) in [7, 11) is 1.55. The molecule has 0 atom stereocenters. The molecule has 0 saturated heterocycles. The summed E-state index contributed by atoms with van der Waals surface area (Å²) in [6.45, 7) is 5.40. The first-order valence-electron chi connectivity index (χ1n) is 3.15. The fourth-order valence-corrected chi connectivity index (χ4v) is 0.404. The Bertz CT molecular complexity index is 161. The molecule has 0 aliphatic rings. The summed E-state index contributed by atoms with van der Waals surface area (Å²) in [6, 6.07) is 0. The van der Waals surface area contributed by atoms with Crippen molar-refractivity contribution >= 4 is 12.1 Å². The van der Waals surface area contributed by atoms with E-state index in [4.69, 9.17) is 0 Å². The number of aliphatic imine (C=N–C) groups is 1. The van der Waals surface area contributed by atoms with E-state index in [0.29, 0.717) is 0 Å². The molecule has 0 unspecified atom stereocenters. The summed E-state index contributed by atoms with van der Waals surface area (Å²) in [4.78, 5) is 14.5. The molecule has 0 spiro atoms. The second-order valence-corrected chi connectivity index (χ2v) is 1.75. The highest BCUT2D eigenvalue weighted by Gasteiger charge is 1.98. The standard InChI is InChI=1S/C7H12N2O/c1-4-5-9-6(2)7(10)8-3/h5H,2,4H2,1,3H3,(H,8,10). The summed E-state index contributed by atoms with van der Waals surface area (Å²) in [5.41, 5.74) is 0.254. The van der Waals surface area contributed by atoms with Gasteiger partial charge in [-0.15, -0.1) is 0 Å². The average molecular weight is 140 g/mol. The molecule has 56 valence electrons. The van der Waals surface area contributed by atoms with Crippen LogP contribution in [-0.2, 0) is 4.79 Å². The summed E-state index contributed by atoms with van der Waals surface area (Å²) in [5.74, 6) is -0.232. The predicted octanol–water partition coefficient (Wildman–Crippen LogP) is 0.727. The van der Waals surface area contributed by atoms with Crippen molar-refractivity contribution in [2.24, 2.45) is 4.99 Å². The number of carbonyl (C=O) groups is 1. The molecule has 0 bridgehead atoms. The average Bonchev–Trinajstić information content (AvgIpc) is 1.98.